The summed E-state index contributed by atoms with van der Waals surface area (Å²) in [4.78, 5) is 12.2. The standard InChI is InChI=1S/C20H20N2O2/c1-2-24-15-10-7-14(8-11-15)18-17-12-9-13-5-3-4-6-16(13)19(17)22-20(23)21-18/h3-8,10-11,18H,2,9,12H2,1H3,(H2,21,22,23)/t18-/m1/s1. The van der Waals surface area contributed by atoms with Crippen LogP contribution in [-0.2, 0) is 6.42 Å². The fourth-order valence-corrected chi connectivity index (χ4v) is 3.56. The van der Waals surface area contributed by atoms with Crippen molar-refractivity contribution >= 4 is 11.7 Å². The third kappa shape index (κ3) is 2.54. The van der Waals surface area contributed by atoms with E-state index in [1.165, 1.54) is 11.1 Å². The molecule has 4 nitrogen and oxygen atoms in total. The molecule has 1 atom stereocenters. The second-order valence-corrected chi connectivity index (χ2v) is 6.09. The predicted octanol–water partition coefficient (Wildman–Crippen LogP) is 3.80. The highest BCUT2D eigenvalue weighted by Crippen LogP contribution is 2.38. The van der Waals surface area contributed by atoms with Gasteiger partial charge in [-0.2, -0.15) is 0 Å². The van der Waals surface area contributed by atoms with Gasteiger partial charge in [-0.05, 0) is 48.6 Å². The molecule has 0 saturated heterocycles. The molecule has 0 spiro atoms. The van der Waals surface area contributed by atoms with Gasteiger partial charge in [0, 0.05) is 5.56 Å². The van der Waals surface area contributed by atoms with Gasteiger partial charge in [0.15, 0.2) is 0 Å². The molecular weight excluding hydrogens is 300 g/mol. The molecule has 0 fully saturated rings. The van der Waals surface area contributed by atoms with Crippen molar-refractivity contribution in [2.75, 3.05) is 6.61 Å². The molecule has 122 valence electrons. The Morgan fingerprint density at radius 2 is 1.88 bits per heavy atom. The van der Waals surface area contributed by atoms with E-state index < -0.39 is 0 Å². The number of nitrogens with one attached hydrogen (secondary N) is 2. The Hall–Kier alpha value is -2.75. The van der Waals surface area contributed by atoms with Crippen LogP contribution in [0.25, 0.3) is 5.70 Å². The summed E-state index contributed by atoms with van der Waals surface area (Å²) in [6, 6.07) is 16.1. The van der Waals surface area contributed by atoms with Crippen molar-refractivity contribution in [2.24, 2.45) is 0 Å². The van der Waals surface area contributed by atoms with E-state index in [-0.39, 0.29) is 12.1 Å². The van der Waals surface area contributed by atoms with E-state index in [1.54, 1.807) is 0 Å². The zero-order valence-electron chi connectivity index (χ0n) is 13.6. The maximum absolute atomic E-state index is 12.2. The largest absolute Gasteiger partial charge is 0.494 e. The quantitative estimate of drug-likeness (QED) is 0.904. The number of hydrogen-bond donors (Lipinski definition) is 2. The second kappa shape index (κ2) is 6.04. The topological polar surface area (TPSA) is 50.4 Å². The van der Waals surface area contributed by atoms with E-state index >= 15 is 0 Å². The van der Waals surface area contributed by atoms with E-state index in [2.05, 4.69) is 28.8 Å². The molecule has 2 aromatic rings. The number of urea groups is 1. The predicted molar refractivity (Wildman–Crippen MR) is 93.7 cm³/mol. The van der Waals surface area contributed by atoms with Crippen molar-refractivity contribution in [3.8, 4) is 5.75 Å². The average molecular weight is 320 g/mol. The van der Waals surface area contributed by atoms with Gasteiger partial charge >= 0.3 is 6.03 Å². The highest BCUT2D eigenvalue weighted by atomic mass is 16.5. The van der Waals surface area contributed by atoms with Crippen molar-refractivity contribution in [1.82, 2.24) is 10.6 Å². The second-order valence-electron chi connectivity index (χ2n) is 6.09. The Labute approximate surface area is 141 Å². The number of fused-ring (bicyclic) bond motifs is 2. The van der Waals surface area contributed by atoms with Crippen LogP contribution < -0.4 is 15.4 Å². The van der Waals surface area contributed by atoms with E-state index in [0.717, 1.165) is 35.4 Å². The molecule has 0 bridgehead atoms. The van der Waals surface area contributed by atoms with Gasteiger partial charge in [0.1, 0.15) is 5.75 Å². The molecule has 1 heterocycles. The molecule has 0 aromatic heterocycles. The average Bonchev–Trinajstić information content (AvgIpc) is 2.62. The molecule has 4 heteroatoms. The molecule has 24 heavy (non-hydrogen) atoms. The first-order valence-electron chi connectivity index (χ1n) is 8.38. The molecule has 0 radical (unpaired) electrons. The minimum Gasteiger partial charge on any atom is -0.494 e. The van der Waals surface area contributed by atoms with Crippen LogP contribution >= 0.6 is 0 Å². The normalized spacial score (nSPS) is 19.0. The van der Waals surface area contributed by atoms with Gasteiger partial charge in [-0.1, -0.05) is 36.4 Å². The molecule has 4 rings (SSSR count). The number of amides is 2. The summed E-state index contributed by atoms with van der Waals surface area (Å²) in [6.45, 7) is 2.62. The maximum Gasteiger partial charge on any atom is 0.319 e. The Kier molecular flexibility index (Phi) is 3.73. The lowest BCUT2D eigenvalue weighted by Crippen LogP contribution is -2.44. The molecular formula is C20H20N2O2. The molecule has 2 amide bonds. The number of carbonyl (C=O) groups is 1. The fourth-order valence-electron chi connectivity index (χ4n) is 3.56. The molecule has 1 aliphatic carbocycles. The molecule has 0 unspecified atom stereocenters. The Morgan fingerprint density at radius 3 is 2.67 bits per heavy atom. The lowest BCUT2D eigenvalue weighted by Gasteiger charge is -2.34. The molecule has 2 N–H and O–H groups in total. The summed E-state index contributed by atoms with van der Waals surface area (Å²) in [5, 5.41) is 6.08. The summed E-state index contributed by atoms with van der Waals surface area (Å²) in [5.74, 6) is 0.852. The highest BCUT2D eigenvalue weighted by Gasteiger charge is 2.31. The van der Waals surface area contributed by atoms with Crippen LogP contribution in [0.5, 0.6) is 5.75 Å². The monoisotopic (exact) mass is 320 g/mol. The number of rotatable bonds is 3. The number of hydrogen-bond acceptors (Lipinski definition) is 2. The third-order valence-electron chi connectivity index (χ3n) is 4.66. The van der Waals surface area contributed by atoms with Gasteiger partial charge in [-0.15, -0.1) is 0 Å². The van der Waals surface area contributed by atoms with Crippen LogP contribution in [0.1, 0.15) is 36.1 Å². The summed E-state index contributed by atoms with van der Waals surface area (Å²) < 4.78 is 5.51. The van der Waals surface area contributed by atoms with E-state index in [4.69, 9.17) is 4.74 Å². The van der Waals surface area contributed by atoms with E-state index in [9.17, 15) is 4.79 Å². The first-order chi connectivity index (χ1) is 11.8. The zero-order chi connectivity index (χ0) is 16.5. The summed E-state index contributed by atoms with van der Waals surface area (Å²) in [6.07, 6.45) is 1.94. The summed E-state index contributed by atoms with van der Waals surface area (Å²) in [5.41, 5.74) is 5.74. The van der Waals surface area contributed by atoms with Gasteiger partial charge < -0.3 is 15.4 Å². The Balaban J connectivity index is 1.75. The van der Waals surface area contributed by atoms with Gasteiger partial charge in [-0.3, -0.25) is 0 Å². The van der Waals surface area contributed by atoms with E-state index in [0.29, 0.717) is 6.61 Å². The van der Waals surface area contributed by atoms with Gasteiger partial charge in [-0.25, -0.2) is 4.79 Å². The summed E-state index contributed by atoms with van der Waals surface area (Å²) >= 11 is 0. The van der Waals surface area contributed by atoms with Crippen LogP contribution in [0, 0.1) is 0 Å². The maximum atomic E-state index is 12.2. The van der Waals surface area contributed by atoms with Crippen LogP contribution in [0.3, 0.4) is 0 Å². The number of aryl methyl sites for hydroxylation is 1. The van der Waals surface area contributed by atoms with E-state index in [1.807, 2.05) is 37.3 Å². The fraction of sp³-hybridized carbons (Fsp3) is 0.250. The highest BCUT2D eigenvalue weighted by molar-refractivity contribution is 5.91. The van der Waals surface area contributed by atoms with Crippen molar-refractivity contribution in [1.29, 1.82) is 0 Å². The van der Waals surface area contributed by atoms with Crippen LogP contribution in [0.4, 0.5) is 4.79 Å². The van der Waals surface area contributed by atoms with Crippen molar-refractivity contribution in [3.63, 3.8) is 0 Å². The lowest BCUT2D eigenvalue weighted by molar-refractivity contribution is 0.240. The smallest absolute Gasteiger partial charge is 0.319 e. The molecule has 0 saturated carbocycles. The summed E-state index contributed by atoms with van der Waals surface area (Å²) in [7, 11) is 0. The first-order valence-corrected chi connectivity index (χ1v) is 8.38. The Bertz CT molecular complexity index is 809. The minimum absolute atomic E-state index is 0.0854. The number of ether oxygens (including phenoxy) is 1. The zero-order valence-corrected chi connectivity index (χ0v) is 13.6. The minimum atomic E-state index is -0.149. The first kappa shape index (κ1) is 14.8. The number of carbonyl (C=O) groups excluding carboxylic acids is 1. The van der Waals surface area contributed by atoms with Gasteiger partial charge in [0.05, 0.1) is 18.3 Å². The van der Waals surface area contributed by atoms with Crippen LogP contribution in [-0.4, -0.2) is 12.6 Å². The van der Waals surface area contributed by atoms with Crippen molar-refractivity contribution in [3.05, 3.63) is 70.8 Å². The number of benzene rings is 2. The van der Waals surface area contributed by atoms with Gasteiger partial charge in [0.2, 0.25) is 0 Å². The lowest BCUT2D eigenvalue weighted by atomic mass is 9.83. The Morgan fingerprint density at radius 1 is 1.08 bits per heavy atom. The molecule has 2 aromatic carbocycles. The van der Waals surface area contributed by atoms with Gasteiger partial charge in [0.25, 0.3) is 0 Å². The SMILES string of the molecule is CCOc1ccc([C@H]2NC(=O)NC3=C2CCc2ccccc23)cc1. The molecule has 2 aliphatic rings. The van der Waals surface area contributed by atoms with Crippen LogP contribution in [0.15, 0.2) is 54.1 Å². The van der Waals surface area contributed by atoms with Crippen LogP contribution in [0.2, 0.25) is 0 Å². The van der Waals surface area contributed by atoms with Crippen molar-refractivity contribution < 1.29 is 9.53 Å². The third-order valence-corrected chi connectivity index (χ3v) is 4.66. The molecule has 1 aliphatic heterocycles. The van der Waals surface area contributed by atoms with Crippen molar-refractivity contribution in [2.45, 2.75) is 25.8 Å².